The quantitative estimate of drug-likeness (QED) is 0.230. The molecule has 0 aliphatic carbocycles. The fourth-order valence-corrected chi connectivity index (χ4v) is 6.79. The molecule has 2 aromatic carbocycles. The molecule has 2 heterocycles. The number of nitrogens with zero attached hydrogens (tertiary/aromatic N) is 3. The molecule has 9 heteroatoms. The minimum Gasteiger partial charge on any atom is -0.354 e. The molecule has 0 radical (unpaired) electrons. The molecule has 248 valence electrons. The summed E-state index contributed by atoms with van der Waals surface area (Å²) in [6.45, 7) is 5.78. The summed E-state index contributed by atoms with van der Waals surface area (Å²) in [4.78, 5) is 48.2. The number of likely N-dealkylation sites (tertiary alicyclic amines) is 1. The Morgan fingerprint density at radius 1 is 1.02 bits per heavy atom. The number of likely N-dealkylation sites (N-methyl/N-ethyl adjacent to an activating group) is 2. The van der Waals surface area contributed by atoms with E-state index in [9.17, 15) is 14.4 Å². The summed E-state index contributed by atoms with van der Waals surface area (Å²) in [7, 11) is 7.41. The first-order valence-electron chi connectivity index (χ1n) is 16.4. The van der Waals surface area contributed by atoms with Crippen molar-refractivity contribution in [3.8, 4) is 0 Å². The van der Waals surface area contributed by atoms with Crippen LogP contribution in [0.15, 0.2) is 72.1 Å². The number of fused-ring (bicyclic) bond motifs is 1. The number of carbonyl (C=O) groups excluding carboxylic acids is 3. The van der Waals surface area contributed by atoms with Gasteiger partial charge in [0.1, 0.15) is 12.1 Å². The Kier molecular flexibility index (Phi) is 12.5. The van der Waals surface area contributed by atoms with Crippen LogP contribution in [0.2, 0.25) is 0 Å². The van der Waals surface area contributed by atoms with E-state index in [4.69, 9.17) is 0 Å². The number of nitrogens with one attached hydrogen (secondary N) is 2. The second-order valence-corrected chi connectivity index (χ2v) is 14.2. The van der Waals surface area contributed by atoms with Gasteiger partial charge in [0, 0.05) is 49.9 Å². The van der Waals surface area contributed by atoms with E-state index in [0.29, 0.717) is 31.8 Å². The lowest BCUT2D eigenvalue weighted by atomic mass is 9.98. The number of hydrogen-bond donors (Lipinski definition) is 2. The highest BCUT2D eigenvalue weighted by Gasteiger charge is 2.35. The fourth-order valence-electron chi connectivity index (χ4n) is 6.04. The molecule has 1 aromatic heterocycles. The predicted octanol–water partition coefficient (Wildman–Crippen LogP) is 4.89. The van der Waals surface area contributed by atoms with Gasteiger partial charge in [-0.05, 0) is 94.0 Å². The molecule has 1 fully saturated rings. The van der Waals surface area contributed by atoms with Crippen LogP contribution in [0.3, 0.4) is 0 Å². The van der Waals surface area contributed by atoms with Gasteiger partial charge in [0.25, 0.3) is 0 Å². The second kappa shape index (κ2) is 16.3. The SMILES string of the molecule is CNC(C)(C)CC=CC(=O)N(C)[C@H](Cc1ccc2ccccc2c1)C(=O)N(C)[C@H](Cc1cccs1)C(=O)NCCC1CCCN1C. The van der Waals surface area contributed by atoms with E-state index < -0.39 is 12.1 Å². The van der Waals surface area contributed by atoms with Gasteiger partial charge in [0.15, 0.2) is 0 Å². The van der Waals surface area contributed by atoms with Crippen LogP contribution in [0.1, 0.15) is 50.0 Å². The molecule has 1 unspecified atom stereocenters. The number of thiophene rings is 1. The van der Waals surface area contributed by atoms with E-state index in [0.717, 1.165) is 40.6 Å². The van der Waals surface area contributed by atoms with Crippen LogP contribution in [0.5, 0.6) is 0 Å². The van der Waals surface area contributed by atoms with E-state index in [1.165, 1.54) is 11.3 Å². The third-order valence-electron chi connectivity index (χ3n) is 9.45. The number of benzene rings is 2. The monoisotopic (exact) mass is 645 g/mol. The maximum absolute atomic E-state index is 14.5. The van der Waals surface area contributed by atoms with Crippen molar-refractivity contribution >= 4 is 39.8 Å². The third-order valence-corrected chi connectivity index (χ3v) is 10.3. The molecule has 46 heavy (non-hydrogen) atoms. The zero-order valence-corrected chi connectivity index (χ0v) is 29.1. The smallest absolute Gasteiger partial charge is 0.246 e. The highest BCUT2D eigenvalue weighted by atomic mass is 32.1. The van der Waals surface area contributed by atoms with Crippen molar-refractivity contribution in [1.82, 2.24) is 25.3 Å². The second-order valence-electron chi connectivity index (χ2n) is 13.2. The minimum absolute atomic E-state index is 0.161. The molecule has 8 nitrogen and oxygen atoms in total. The van der Waals surface area contributed by atoms with Gasteiger partial charge in [-0.2, -0.15) is 0 Å². The molecule has 0 spiro atoms. The highest BCUT2D eigenvalue weighted by Crippen LogP contribution is 2.22. The zero-order valence-electron chi connectivity index (χ0n) is 28.3. The molecule has 1 saturated heterocycles. The first kappa shape index (κ1) is 35.3. The van der Waals surface area contributed by atoms with Crippen molar-refractivity contribution < 1.29 is 14.4 Å². The topological polar surface area (TPSA) is 85.0 Å². The number of amides is 3. The van der Waals surface area contributed by atoms with Crippen molar-refractivity contribution in [3.63, 3.8) is 0 Å². The van der Waals surface area contributed by atoms with Gasteiger partial charge in [-0.25, -0.2) is 0 Å². The van der Waals surface area contributed by atoms with Crippen LogP contribution in [0.4, 0.5) is 0 Å². The van der Waals surface area contributed by atoms with Crippen LogP contribution >= 0.6 is 11.3 Å². The van der Waals surface area contributed by atoms with Gasteiger partial charge in [-0.1, -0.05) is 54.6 Å². The van der Waals surface area contributed by atoms with Crippen LogP contribution in [-0.4, -0.2) is 97.4 Å². The summed E-state index contributed by atoms with van der Waals surface area (Å²) in [5.41, 5.74) is 0.788. The number of hydrogen-bond acceptors (Lipinski definition) is 6. The first-order valence-corrected chi connectivity index (χ1v) is 17.2. The molecular weight excluding hydrogens is 595 g/mol. The molecular formula is C37H51N5O3S. The van der Waals surface area contributed by atoms with Crippen molar-refractivity contribution in [2.45, 2.75) is 76.0 Å². The summed E-state index contributed by atoms with van der Waals surface area (Å²) in [5, 5.41) is 10.6. The molecule has 3 atom stereocenters. The van der Waals surface area contributed by atoms with Crippen LogP contribution < -0.4 is 10.6 Å². The summed E-state index contributed by atoms with van der Waals surface area (Å²) in [5.74, 6) is -0.683. The van der Waals surface area contributed by atoms with E-state index >= 15 is 0 Å². The normalized spacial score (nSPS) is 16.9. The molecule has 0 bridgehead atoms. The lowest BCUT2D eigenvalue weighted by Gasteiger charge is -2.34. The van der Waals surface area contributed by atoms with E-state index in [-0.39, 0.29) is 23.3 Å². The summed E-state index contributed by atoms with van der Waals surface area (Å²) < 4.78 is 0. The molecule has 4 rings (SSSR count). The van der Waals surface area contributed by atoms with Gasteiger partial charge in [0.05, 0.1) is 0 Å². The van der Waals surface area contributed by atoms with Crippen molar-refractivity contribution in [1.29, 1.82) is 0 Å². The number of rotatable bonds is 15. The number of carbonyl (C=O) groups is 3. The van der Waals surface area contributed by atoms with Crippen molar-refractivity contribution in [2.24, 2.45) is 0 Å². The molecule has 2 N–H and O–H groups in total. The lowest BCUT2D eigenvalue weighted by molar-refractivity contribution is -0.146. The molecule has 3 amide bonds. The van der Waals surface area contributed by atoms with E-state index in [2.05, 4.69) is 48.6 Å². The predicted molar refractivity (Wildman–Crippen MR) is 189 cm³/mol. The van der Waals surface area contributed by atoms with Crippen LogP contribution in [0, 0.1) is 0 Å². The van der Waals surface area contributed by atoms with Gasteiger partial charge >= 0.3 is 0 Å². The summed E-state index contributed by atoms with van der Waals surface area (Å²) in [6, 6.07) is 17.2. The maximum atomic E-state index is 14.5. The van der Waals surface area contributed by atoms with Crippen molar-refractivity contribution in [2.75, 3.05) is 41.3 Å². The Bertz CT molecular complexity index is 1490. The molecule has 1 aliphatic heterocycles. The lowest BCUT2D eigenvalue weighted by Crippen LogP contribution is -2.56. The zero-order chi connectivity index (χ0) is 33.3. The summed E-state index contributed by atoms with van der Waals surface area (Å²) >= 11 is 1.58. The Morgan fingerprint density at radius 3 is 2.46 bits per heavy atom. The maximum Gasteiger partial charge on any atom is 0.246 e. The first-order chi connectivity index (χ1) is 22.0. The Hall–Kier alpha value is -3.53. The van der Waals surface area contributed by atoms with Gasteiger partial charge in [0.2, 0.25) is 17.7 Å². The van der Waals surface area contributed by atoms with Crippen LogP contribution in [0.25, 0.3) is 10.8 Å². The Morgan fingerprint density at radius 2 is 1.78 bits per heavy atom. The van der Waals surface area contributed by atoms with E-state index in [1.54, 1.807) is 36.4 Å². The molecule has 3 aromatic rings. The average molecular weight is 646 g/mol. The Labute approximate surface area is 278 Å². The molecule has 1 aliphatic rings. The van der Waals surface area contributed by atoms with Crippen molar-refractivity contribution in [3.05, 3.63) is 82.6 Å². The van der Waals surface area contributed by atoms with Gasteiger partial charge < -0.3 is 25.3 Å². The molecule has 0 saturated carbocycles. The third kappa shape index (κ3) is 9.50. The van der Waals surface area contributed by atoms with Gasteiger partial charge in [-0.15, -0.1) is 11.3 Å². The minimum atomic E-state index is -0.800. The largest absolute Gasteiger partial charge is 0.354 e. The van der Waals surface area contributed by atoms with Crippen LogP contribution in [-0.2, 0) is 27.2 Å². The summed E-state index contributed by atoms with van der Waals surface area (Å²) in [6.07, 6.45) is 8.00. The average Bonchev–Trinajstić information content (AvgIpc) is 3.72. The standard InChI is InChI=1S/C37H51N5O3S/c1-37(2,38-3)20-9-16-34(43)41(5)33(25-27-17-18-28-12-7-8-13-29(28)24-27)36(45)42(6)32(26-31-15-11-23-46-31)35(44)39-21-19-30-14-10-22-40(30)4/h7-9,11-13,15-18,23-24,30,32-33,38H,10,14,19-22,25-26H2,1-6H3,(H,39,44)/t30?,32-,33-/m1/s1. The van der Waals surface area contributed by atoms with E-state index in [1.807, 2.05) is 61.0 Å². The highest BCUT2D eigenvalue weighted by molar-refractivity contribution is 7.09. The Balaban J connectivity index is 1.57. The fraction of sp³-hybridized carbons (Fsp3) is 0.486. The van der Waals surface area contributed by atoms with Gasteiger partial charge in [-0.3, -0.25) is 14.4 Å².